The summed E-state index contributed by atoms with van der Waals surface area (Å²) in [5, 5.41) is 16.1. The molecule has 2 fully saturated rings. The Bertz CT molecular complexity index is 392. The molecule has 6 heteroatoms. The van der Waals surface area contributed by atoms with E-state index >= 15 is 0 Å². The van der Waals surface area contributed by atoms with E-state index in [9.17, 15) is 5.11 Å². The first-order valence-electron chi connectivity index (χ1n) is 10.5. The SMILES string of the molecule is CN=C(NCCCCCOC1CCCCC1)NCC1(CCO)CCOC1. The molecule has 0 radical (unpaired) electrons. The van der Waals surface area contributed by atoms with Gasteiger partial charge in [0.2, 0.25) is 0 Å². The van der Waals surface area contributed by atoms with Gasteiger partial charge in [-0.25, -0.2) is 0 Å². The van der Waals surface area contributed by atoms with E-state index in [2.05, 4.69) is 15.6 Å². The largest absolute Gasteiger partial charge is 0.396 e. The molecule has 0 aromatic carbocycles. The maximum absolute atomic E-state index is 9.30. The lowest BCUT2D eigenvalue weighted by molar-refractivity contribution is 0.0264. The molecular weight excluding hydrogens is 330 g/mol. The number of nitrogens with one attached hydrogen (secondary N) is 2. The number of guanidine groups is 1. The van der Waals surface area contributed by atoms with Crippen molar-refractivity contribution in [1.82, 2.24) is 10.6 Å². The smallest absolute Gasteiger partial charge is 0.190 e. The van der Waals surface area contributed by atoms with E-state index in [0.29, 0.717) is 6.10 Å². The van der Waals surface area contributed by atoms with Crippen LogP contribution >= 0.6 is 0 Å². The average molecular weight is 370 g/mol. The Labute approximate surface area is 159 Å². The second kappa shape index (κ2) is 12.5. The molecule has 152 valence electrons. The third-order valence-electron chi connectivity index (χ3n) is 5.70. The Morgan fingerprint density at radius 3 is 2.73 bits per heavy atom. The zero-order valence-electron chi connectivity index (χ0n) is 16.6. The molecule has 1 saturated carbocycles. The van der Waals surface area contributed by atoms with Crippen molar-refractivity contribution in [3.8, 4) is 0 Å². The third-order valence-corrected chi connectivity index (χ3v) is 5.70. The molecular formula is C20H39N3O3. The Morgan fingerprint density at radius 1 is 1.19 bits per heavy atom. The molecule has 0 aromatic heterocycles. The van der Waals surface area contributed by atoms with E-state index in [-0.39, 0.29) is 12.0 Å². The number of aliphatic imine (C=N–C) groups is 1. The van der Waals surface area contributed by atoms with Gasteiger partial charge in [0.1, 0.15) is 0 Å². The van der Waals surface area contributed by atoms with Crippen molar-refractivity contribution in [2.75, 3.05) is 46.6 Å². The normalized spacial score (nSPS) is 24.8. The van der Waals surface area contributed by atoms with Gasteiger partial charge in [0, 0.05) is 45.4 Å². The van der Waals surface area contributed by atoms with Crippen LogP contribution in [0, 0.1) is 5.41 Å². The van der Waals surface area contributed by atoms with Crippen molar-refractivity contribution < 1.29 is 14.6 Å². The van der Waals surface area contributed by atoms with E-state index in [4.69, 9.17) is 9.47 Å². The number of rotatable bonds is 11. The maximum Gasteiger partial charge on any atom is 0.190 e. The predicted octanol–water partition coefficient (Wildman–Crippen LogP) is 2.46. The molecule has 1 unspecified atom stereocenters. The molecule has 1 aliphatic heterocycles. The average Bonchev–Trinajstić information content (AvgIpc) is 3.13. The molecule has 0 bridgehead atoms. The van der Waals surface area contributed by atoms with Crippen LogP contribution < -0.4 is 10.6 Å². The summed E-state index contributed by atoms with van der Waals surface area (Å²) in [5.74, 6) is 0.840. The molecule has 1 aliphatic carbocycles. The second-order valence-electron chi connectivity index (χ2n) is 7.82. The van der Waals surface area contributed by atoms with E-state index in [1.54, 1.807) is 7.05 Å². The Balaban J connectivity index is 1.50. The zero-order chi connectivity index (χ0) is 18.5. The minimum absolute atomic E-state index is 0.0445. The molecule has 1 saturated heterocycles. The Kier molecular flexibility index (Phi) is 10.3. The van der Waals surface area contributed by atoms with Crippen LogP contribution in [0.2, 0.25) is 0 Å². The van der Waals surface area contributed by atoms with Gasteiger partial charge in [-0.15, -0.1) is 0 Å². The summed E-state index contributed by atoms with van der Waals surface area (Å²) < 4.78 is 11.5. The van der Waals surface area contributed by atoms with E-state index in [1.807, 2.05) is 0 Å². The lowest BCUT2D eigenvalue weighted by atomic mass is 9.84. The lowest BCUT2D eigenvalue weighted by Gasteiger charge is -2.27. The van der Waals surface area contributed by atoms with Crippen molar-refractivity contribution in [3.05, 3.63) is 0 Å². The van der Waals surface area contributed by atoms with Gasteiger partial charge in [0.25, 0.3) is 0 Å². The van der Waals surface area contributed by atoms with Crippen LogP contribution in [0.25, 0.3) is 0 Å². The standard InChI is InChI=1S/C20H39N3O3/c1-21-19(23-16-20(10-13-24)11-15-25-17-20)22-12-6-3-7-14-26-18-8-4-2-5-9-18/h18,24H,2-17H2,1H3,(H2,21,22,23). The molecule has 6 nitrogen and oxygen atoms in total. The number of aliphatic hydroxyl groups excluding tert-OH is 1. The van der Waals surface area contributed by atoms with Crippen molar-refractivity contribution in [1.29, 1.82) is 0 Å². The molecule has 0 amide bonds. The maximum atomic E-state index is 9.30. The fourth-order valence-corrected chi connectivity index (χ4v) is 3.90. The van der Waals surface area contributed by atoms with Crippen LogP contribution in [0.4, 0.5) is 0 Å². The first kappa shape index (κ1) is 21.5. The van der Waals surface area contributed by atoms with Gasteiger partial charge in [-0.05, 0) is 44.9 Å². The topological polar surface area (TPSA) is 75.1 Å². The molecule has 3 N–H and O–H groups in total. The first-order valence-corrected chi connectivity index (χ1v) is 10.5. The van der Waals surface area contributed by atoms with Gasteiger partial charge in [-0.2, -0.15) is 0 Å². The fraction of sp³-hybridized carbons (Fsp3) is 0.950. The van der Waals surface area contributed by atoms with E-state index in [0.717, 1.165) is 64.6 Å². The molecule has 2 rings (SSSR count). The summed E-state index contributed by atoms with van der Waals surface area (Å²) in [6.07, 6.45) is 12.3. The molecule has 0 spiro atoms. The van der Waals surface area contributed by atoms with Gasteiger partial charge >= 0.3 is 0 Å². The fourth-order valence-electron chi connectivity index (χ4n) is 3.90. The highest BCUT2D eigenvalue weighted by atomic mass is 16.5. The summed E-state index contributed by atoms with van der Waals surface area (Å²) in [6, 6.07) is 0. The van der Waals surface area contributed by atoms with Crippen molar-refractivity contribution in [2.45, 2.75) is 70.3 Å². The number of aliphatic hydroxyl groups is 1. The van der Waals surface area contributed by atoms with E-state index in [1.165, 1.54) is 38.5 Å². The molecule has 1 atom stereocenters. The van der Waals surface area contributed by atoms with Gasteiger partial charge in [-0.1, -0.05) is 19.3 Å². The minimum atomic E-state index is 0.0445. The van der Waals surface area contributed by atoms with Crippen LogP contribution in [0.5, 0.6) is 0 Å². The van der Waals surface area contributed by atoms with Gasteiger partial charge in [0.15, 0.2) is 5.96 Å². The van der Waals surface area contributed by atoms with Crippen molar-refractivity contribution in [3.63, 3.8) is 0 Å². The van der Waals surface area contributed by atoms with Crippen LogP contribution in [0.1, 0.15) is 64.2 Å². The minimum Gasteiger partial charge on any atom is -0.396 e. The second-order valence-corrected chi connectivity index (χ2v) is 7.82. The number of ether oxygens (including phenoxy) is 2. The molecule has 0 aromatic rings. The van der Waals surface area contributed by atoms with Gasteiger partial charge < -0.3 is 25.2 Å². The quantitative estimate of drug-likeness (QED) is 0.296. The van der Waals surface area contributed by atoms with Crippen molar-refractivity contribution >= 4 is 5.96 Å². The third kappa shape index (κ3) is 7.80. The van der Waals surface area contributed by atoms with E-state index < -0.39 is 0 Å². The Hall–Kier alpha value is -0.850. The predicted molar refractivity (Wildman–Crippen MR) is 106 cm³/mol. The summed E-state index contributed by atoms with van der Waals surface area (Å²) in [5.41, 5.74) is 0.0445. The van der Waals surface area contributed by atoms with Gasteiger partial charge in [0.05, 0.1) is 12.7 Å². The lowest BCUT2D eigenvalue weighted by Crippen LogP contribution is -2.44. The number of nitrogens with zero attached hydrogens (tertiary/aromatic N) is 1. The highest BCUT2D eigenvalue weighted by molar-refractivity contribution is 5.79. The Morgan fingerprint density at radius 2 is 2.04 bits per heavy atom. The molecule has 2 aliphatic rings. The summed E-state index contributed by atoms with van der Waals surface area (Å²) in [6.45, 7) is 4.34. The zero-order valence-corrected chi connectivity index (χ0v) is 16.6. The van der Waals surface area contributed by atoms with Crippen LogP contribution in [-0.4, -0.2) is 63.7 Å². The van der Waals surface area contributed by atoms with Gasteiger partial charge in [-0.3, -0.25) is 4.99 Å². The summed E-state index contributed by atoms with van der Waals surface area (Å²) >= 11 is 0. The van der Waals surface area contributed by atoms with Crippen molar-refractivity contribution in [2.24, 2.45) is 10.4 Å². The number of unbranched alkanes of at least 4 members (excludes halogenated alkanes) is 2. The first-order chi connectivity index (χ1) is 12.8. The van der Waals surface area contributed by atoms with Crippen LogP contribution in [-0.2, 0) is 9.47 Å². The summed E-state index contributed by atoms with van der Waals surface area (Å²) in [7, 11) is 1.80. The monoisotopic (exact) mass is 369 g/mol. The number of hydrogen-bond acceptors (Lipinski definition) is 4. The van der Waals surface area contributed by atoms with Crippen LogP contribution in [0.15, 0.2) is 4.99 Å². The molecule has 26 heavy (non-hydrogen) atoms. The highest BCUT2D eigenvalue weighted by Crippen LogP contribution is 2.31. The summed E-state index contributed by atoms with van der Waals surface area (Å²) in [4.78, 5) is 4.30. The number of hydrogen-bond donors (Lipinski definition) is 3. The van der Waals surface area contributed by atoms with Crippen LogP contribution in [0.3, 0.4) is 0 Å². The molecule has 1 heterocycles. The highest BCUT2D eigenvalue weighted by Gasteiger charge is 2.34.